The maximum absolute atomic E-state index is 12.0. The minimum Gasteiger partial charge on any atom is -0.337 e. The Kier molecular flexibility index (Phi) is 4.84. The molecular weight excluding hydrogens is 320 g/mol. The lowest BCUT2D eigenvalue weighted by atomic mass is 10.1. The normalized spacial score (nSPS) is 15.0. The number of carbonyl (C=O) groups is 1. The number of carbonyl (C=O) groups excluding carboxylic acids is 1. The first-order chi connectivity index (χ1) is 11.5. The molecule has 3 rings (SSSR count). The Morgan fingerprint density at radius 2 is 2.12 bits per heavy atom. The Morgan fingerprint density at radius 3 is 2.88 bits per heavy atom. The highest BCUT2D eigenvalue weighted by Crippen LogP contribution is 2.16. The van der Waals surface area contributed by atoms with Crippen molar-refractivity contribution >= 4 is 16.8 Å². The summed E-state index contributed by atoms with van der Waals surface area (Å²) in [5, 5.41) is 0.531. The van der Waals surface area contributed by atoms with E-state index in [1.165, 1.54) is 4.90 Å². The van der Waals surface area contributed by atoms with Gasteiger partial charge in [-0.1, -0.05) is 12.1 Å². The lowest BCUT2D eigenvalue weighted by Crippen LogP contribution is -2.55. The fourth-order valence-electron chi connectivity index (χ4n) is 2.69. The van der Waals surface area contributed by atoms with Gasteiger partial charge in [-0.25, -0.2) is 4.98 Å². The van der Waals surface area contributed by atoms with Gasteiger partial charge >= 0.3 is 6.61 Å². The van der Waals surface area contributed by atoms with Crippen LogP contribution >= 0.6 is 0 Å². The molecule has 1 fully saturated rings. The fraction of sp³-hybridized carbons (Fsp3) is 0.438. The SMILES string of the molecule is O=C(CCCc1nc2ccccc2c(=O)[nH]1)N1CC(OC(F)F)C1. The molecule has 6 nitrogen and oxygen atoms in total. The smallest absolute Gasteiger partial charge is 0.337 e. The fourth-order valence-corrected chi connectivity index (χ4v) is 2.69. The molecule has 0 saturated carbocycles. The Bertz CT molecular complexity index is 787. The third kappa shape index (κ3) is 3.76. The number of aryl methyl sites for hydroxylation is 1. The number of nitrogens with one attached hydrogen (secondary N) is 1. The van der Waals surface area contributed by atoms with Crippen molar-refractivity contribution in [3.8, 4) is 0 Å². The summed E-state index contributed by atoms with van der Waals surface area (Å²) in [6, 6.07) is 7.05. The number of benzene rings is 1. The number of H-pyrrole nitrogens is 1. The van der Waals surface area contributed by atoms with E-state index in [0.717, 1.165) is 0 Å². The first-order valence-corrected chi connectivity index (χ1v) is 7.72. The van der Waals surface area contributed by atoms with Crippen LogP contribution in [0.5, 0.6) is 0 Å². The molecule has 0 atom stereocenters. The Balaban J connectivity index is 1.49. The molecular formula is C16H17F2N3O3. The van der Waals surface area contributed by atoms with Crippen LogP contribution in [0.25, 0.3) is 10.9 Å². The summed E-state index contributed by atoms with van der Waals surface area (Å²) >= 11 is 0. The quantitative estimate of drug-likeness (QED) is 0.870. The molecule has 2 aromatic rings. The molecule has 0 spiro atoms. The molecule has 1 aliphatic rings. The number of halogens is 2. The van der Waals surface area contributed by atoms with Crippen molar-refractivity contribution in [1.82, 2.24) is 14.9 Å². The lowest BCUT2D eigenvalue weighted by Gasteiger charge is -2.38. The third-order valence-corrected chi connectivity index (χ3v) is 3.96. The second-order valence-corrected chi connectivity index (χ2v) is 5.70. The third-order valence-electron chi connectivity index (χ3n) is 3.96. The number of para-hydroxylation sites is 1. The van der Waals surface area contributed by atoms with E-state index in [0.29, 0.717) is 29.6 Å². The first kappa shape index (κ1) is 16.5. The molecule has 8 heteroatoms. The van der Waals surface area contributed by atoms with E-state index in [4.69, 9.17) is 0 Å². The number of hydrogen-bond donors (Lipinski definition) is 1. The number of aromatic nitrogens is 2. The summed E-state index contributed by atoms with van der Waals surface area (Å²) in [4.78, 5) is 32.4. The minimum absolute atomic E-state index is 0.104. The Labute approximate surface area is 136 Å². The summed E-state index contributed by atoms with van der Waals surface area (Å²) in [6.45, 7) is -2.40. The summed E-state index contributed by atoms with van der Waals surface area (Å²) in [5.74, 6) is 0.432. The van der Waals surface area contributed by atoms with Crippen molar-refractivity contribution in [2.75, 3.05) is 13.1 Å². The Morgan fingerprint density at radius 1 is 1.38 bits per heavy atom. The van der Waals surface area contributed by atoms with Crippen molar-refractivity contribution < 1.29 is 18.3 Å². The van der Waals surface area contributed by atoms with Crippen molar-refractivity contribution in [3.63, 3.8) is 0 Å². The monoisotopic (exact) mass is 337 g/mol. The predicted octanol–water partition coefficient (Wildman–Crippen LogP) is 1.70. The van der Waals surface area contributed by atoms with E-state index in [1.807, 2.05) is 6.07 Å². The lowest BCUT2D eigenvalue weighted by molar-refractivity contribution is -0.199. The number of aromatic amines is 1. The number of rotatable bonds is 6. The number of alkyl halides is 2. The summed E-state index contributed by atoms with van der Waals surface area (Å²) in [7, 11) is 0. The average Bonchev–Trinajstić information content (AvgIpc) is 2.50. The van der Waals surface area contributed by atoms with E-state index in [9.17, 15) is 18.4 Å². The highest BCUT2D eigenvalue weighted by Gasteiger charge is 2.32. The summed E-state index contributed by atoms with van der Waals surface area (Å²) in [6.07, 6.45) is 0.693. The number of likely N-dealkylation sites (tertiary alicyclic amines) is 1. The van der Waals surface area contributed by atoms with Crippen LogP contribution in [0.3, 0.4) is 0 Å². The summed E-state index contributed by atoms with van der Waals surface area (Å²) in [5.41, 5.74) is 0.425. The zero-order valence-corrected chi connectivity index (χ0v) is 12.9. The number of hydrogen-bond acceptors (Lipinski definition) is 4. The number of nitrogens with zero attached hydrogens (tertiary/aromatic N) is 2. The maximum Gasteiger partial charge on any atom is 0.345 e. The first-order valence-electron chi connectivity index (χ1n) is 7.72. The van der Waals surface area contributed by atoms with Gasteiger partial charge in [0.1, 0.15) is 5.82 Å². The van der Waals surface area contributed by atoms with E-state index in [2.05, 4.69) is 14.7 Å². The van der Waals surface area contributed by atoms with Gasteiger partial charge in [0, 0.05) is 25.9 Å². The van der Waals surface area contributed by atoms with Gasteiger partial charge in [0.15, 0.2) is 0 Å². The second-order valence-electron chi connectivity index (χ2n) is 5.70. The van der Waals surface area contributed by atoms with Gasteiger partial charge in [-0.15, -0.1) is 0 Å². The van der Waals surface area contributed by atoms with E-state index < -0.39 is 12.7 Å². The van der Waals surface area contributed by atoms with Gasteiger partial charge in [0.25, 0.3) is 5.56 Å². The minimum atomic E-state index is -2.80. The zero-order chi connectivity index (χ0) is 17.1. The van der Waals surface area contributed by atoms with Crippen molar-refractivity contribution in [1.29, 1.82) is 0 Å². The molecule has 1 amide bonds. The molecule has 1 aliphatic heterocycles. The molecule has 1 aromatic carbocycles. The van der Waals surface area contributed by atoms with Crippen molar-refractivity contribution in [3.05, 3.63) is 40.4 Å². The highest BCUT2D eigenvalue weighted by atomic mass is 19.3. The standard InChI is InChI=1S/C16H17F2N3O3/c17-16(18)24-10-8-21(9-10)14(22)7-3-6-13-19-12-5-2-1-4-11(12)15(23)20-13/h1-2,4-5,10,16H,3,6-9H2,(H,19,20,23). The molecule has 0 bridgehead atoms. The Hall–Kier alpha value is -2.35. The molecule has 1 aromatic heterocycles. The molecule has 0 unspecified atom stereocenters. The topological polar surface area (TPSA) is 75.3 Å². The van der Waals surface area contributed by atoms with Gasteiger partial charge in [0.2, 0.25) is 5.91 Å². The van der Waals surface area contributed by atoms with Crippen LogP contribution in [-0.4, -0.2) is 46.6 Å². The van der Waals surface area contributed by atoms with Gasteiger partial charge < -0.3 is 14.6 Å². The summed E-state index contributed by atoms with van der Waals surface area (Å²) < 4.78 is 28.3. The predicted molar refractivity (Wildman–Crippen MR) is 82.8 cm³/mol. The van der Waals surface area contributed by atoms with Crippen LogP contribution < -0.4 is 5.56 Å². The largest absolute Gasteiger partial charge is 0.345 e. The van der Waals surface area contributed by atoms with Crippen LogP contribution in [0.15, 0.2) is 29.1 Å². The van der Waals surface area contributed by atoms with Gasteiger partial charge in [-0.05, 0) is 18.6 Å². The molecule has 1 saturated heterocycles. The van der Waals surface area contributed by atoms with Crippen LogP contribution in [0.1, 0.15) is 18.7 Å². The number of ether oxygens (including phenoxy) is 1. The molecule has 24 heavy (non-hydrogen) atoms. The van der Waals surface area contributed by atoms with Gasteiger partial charge in [-0.3, -0.25) is 9.59 Å². The maximum atomic E-state index is 12.0. The highest BCUT2D eigenvalue weighted by molar-refractivity contribution is 5.77. The van der Waals surface area contributed by atoms with Gasteiger partial charge in [-0.2, -0.15) is 8.78 Å². The van der Waals surface area contributed by atoms with E-state index in [1.54, 1.807) is 18.2 Å². The van der Waals surface area contributed by atoms with Crippen molar-refractivity contribution in [2.24, 2.45) is 0 Å². The number of fused-ring (bicyclic) bond motifs is 1. The van der Waals surface area contributed by atoms with Crippen LogP contribution in [0, 0.1) is 0 Å². The van der Waals surface area contributed by atoms with Crippen LogP contribution in [0.2, 0.25) is 0 Å². The molecule has 128 valence electrons. The van der Waals surface area contributed by atoms with Crippen LogP contribution in [0.4, 0.5) is 8.78 Å². The van der Waals surface area contributed by atoms with E-state index in [-0.39, 0.29) is 31.0 Å². The second kappa shape index (κ2) is 7.04. The number of amides is 1. The average molecular weight is 337 g/mol. The molecule has 0 radical (unpaired) electrons. The molecule has 1 N–H and O–H groups in total. The molecule has 0 aliphatic carbocycles. The molecule has 2 heterocycles. The van der Waals surface area contributed by atoms with Crippen LogP contribution in [-0.2, 0) is 16.0 Å². The van der Waals surface area contributed by atoms with Crippen molar-refractivity contribution in [2.45, 2.75) is 32.0 Å². The zero-order valence-electron chi connectivity index (χ0n) is 12.9. The van der Waals surface area contributed by atoms with E-state index >= 15 is 0 Å². The van der Waals surface area contributed by atoms with Gasteiger partial charge in [0.05, 0.1) is 17.0 Å².